The topological polar surface area (TPSA) is 80.3 Å². The Morgan fingerprint density at radius 2 is 0.773 bits per heavy atom. The molecule has 5 rings (SSSR count). The van der Waals surface area contributed by atoms with E-state index in [9.17, 15) is 9.13 Å². The fourth-order valence-electron chi connectivity index (χ4n) is 6.11. The van der Waals surface area contributed by atoms with Crippen molar-refractivity contribution in [1.29, 1.82) is 0 Å². The molecule has 0 N–H and O–H groups in total. The Balaban J connectivity index is 1.75. The zero-order valence-electron chi connectivity index (χ0n) is 27.1. The summed E-state index contributed by atoms with van der Waals surface area (Å²) in [6, 6.07) is 15.5. The van der Waals surface area contributed by atoms with Gasteiger partial charge in [-0.25, -0.2) is 9.13 Å². The van der Waals surface area contributed by atoms with E-state index in [0.717, 1.165) is 66.8 Å². The third kappa shape index (κ3) is 6.61. The smallest absolute Gasteiger partial charge is 0.394 e. The molecule has 2 atom stereocenters. The lowest BCUT2D eigenvalue weighted by molar-refractivity contribution is 0.239. The minimum Gasteiger partial charge on any atom is -0.394 e. The van der Waals surface area contributed by atoms with E-state index in [2.05, 4.69) is 0 Å². The van der Waals surface area contributed by atoms with Crippen molar-refractivity contribution in [2.45, 2.75) is 75.7 Å². The van der Waals surface area contributed by atoms with Crippen molar-refractivity contribution in [3.05, 3.63) is 115 Å². The van der Waals surface area contributed by atoms with Crippen molar-refractivity contribution in [3.8, 4) is 23.0 Å². The van der Waals surface area contributed by atoms with Crippen LogP contribution in [-0.4, -0.2) is 0 Å². The summed E-state index contributed by atoms with van der Waals surface area (Å²) in [7, 11) is -9.49. The fourth-order valence-corrected chi connectivity index (χ4v) is 9.69. The molecule has 0 fully saturated rings. The van der Waals surface area contributed by atoms with E-state index >= 15 is 0 Å². The Labute approximate surface area is 260 Å². The SMILES string of the molecule is Cc1cc(C)c(OP2(=O)Oc3c(C)cc(C)cc3Cc3cc(C)cc(C)c3OP(=O)(Oc3c(C)cc(C)cc3C)O2)c(C)c1. The first-order chi connectivity index (χ1) is 20.5. The molecule has 1 aliphatic heterocycles. The monoisotopic (exact) mass is 634 g/mol. The molecule has 2 unspecified atom stereocenters. The van der Waals surface area contributed by atoms with Crippen molar-refractivity contribution < 1.29 is 31.5 Å². The molecule has 232 valence electrons. The van der Waals surface area contributed by atoms with Crippen molar-refractivity contribution in [3.63, 3.8) is 0 Å². The van der Waals surface area contributed by atoms with Gasteiger partial charge in [0.1, 0.15) is 23.0 Å². The summed E-state index contributed by atoms with van der Waals surface area (Å²) in [5, 5.41) is 0. The molecule has 0 bridgehead atoms. The highest BCUT2D eigenvalue weighted by molar-refractivity contribution is 7.63. The van der Waals surface area contributed by atoms with Crippen LogP contribution in [-0.2, 0) is 19.9 Å². The summed E-state index contributed by atoms with van der Waals surface area (Å²) in [5.41, 5.74) is 9.95. The second kappa shape index (κ2) is 11.8. The lowest BCUT2D eigenvalue weighted by Gasteiger charge is -2.29. The van der Waals surface area contributed by atoms with Crippen LogP contribution in [0.4, 0.5) is 0 Å². The maximum absolute atomic E-state index is 14.9. The molecule has 0 amide bonds. The van der Waals surface area contributed by atoms with Gasteiger partial charge in [-0.3, -0.25) is 0 Å². The van der Waals surface area contributed by atoms with Gasteiger partial charge >= 0.3 is 15.6 Å². The summed E-state index contributed by atoms with van der Waals surface area (Å²) < 4.78 is 60.7. The van der Waals surface area contributed by atoms with Gasteiger partial charge in [-0.15, -0.1) is 4.31 Å². The van der Waals surface area contributed by atoms with Crippen molar-refractivity contribution in [2.24, 2.45) is 0 Å². The molecule has 0 spiro atoms. The minimum atomic E-state index is -4.74. The highest BCUT2D eigenvalue weighted by atomic mass is 31.3. The molecule has 4 aromatic carbocycles. The van der Waals surface area contributed by atoms with E-state index in [1.807, 2.05) is 118 Å². The average Bonchev–Trinajstić information content (AvgIpc) is 2.88. The lowest BCUT2D eigenvalue weighted by atomic mass is 9.96. The number of phosphoric ester groups is 2. The molecule has 9 heteroatoms. The maximum atomic E-state index is 14.9. The number of aryl methyl sites for hydroxylation is 10. The summed E-state index contributed by atoms with van der Waals surface area (Å²) >= 11 is 0. The van der Waals surface area contributed by atoms with Gasteiger partial charge < -0.3 is 18.1 Å². The second-order valence-corrected chi connectivity index (χ2v) is 15.3. The average molecular weight is 635 g/mol. The number of hydrogen-bond donors (Lipinski definition) is 0. The third-order valence-electron chi connectivity index (χ3n) is 7.59. The largest absolute Gasteiger partial charge is 0.598 e. The first kappa shape index (κ1) is 31.9. The van der Waals surface area contributed by atoms with Gasteiger partial charge in [0.15, 0.2) is 0 Å². The molecule has 1 heterocycles. The van der Waals surface area contributed by atoms with Gasteiger partial charge in [0.2, 0.25) is 0 Å². The third-order valence-corrected chi connectivity index (χ3v) is 10.8. The zero-order valence-corrected chi connectivity index (χ0v) is 28.9. The van der Waals surface area contributed by atoms with E-state index < -0.39 is 15.6 Å². The highest BCUT2D eigenvalue weighted by Gasteiger charge is 2.48. The number of benzene rings is 4. The summed E-state index contributed by atoms with van der Waals surface area (Å²) in [5.74, 6) is 1.29. The predicted octanol–water partition coefficient (Wildman–Crippen LogP) is 10.5. The zero-order chi connectivity index (χ0) is 32.1. The van der Waals surface area contributed by atoms with Crippen molar-refractivity contribution in [2.75, 3.05) is 0 Å². The fraction of sp³-hybridized carbons (Fsp3) is 0.314. The van der Waals surface area contributed by atoms with Crippen LogP contribution in [0.15, 0.2) is 48.5 Å². The highest BCUT2D eigenvalue weighted by Crippen LogP contribution is 2.67. The quantitative estimate of drug-likeness (QED) is 0.207. The summed E-state index contributed by atoms with van der Waals surface area (Å²) in [6.07, 6.45) is 0.362. The van der Waals surface area contributed by atoms with Gasteiger partial charge in [0, 0.05) is 6.42 Å². The van der Waals surface area contributed by atoms with Crippen LogP contribution in [0.1, 0.15) is 66.8 Å². The number of hydrogen-bond acceptors (Lipinski definition) is 7. The van der Waals surface area contributed by atoms with E-state index in [0.29, 0.717) is 29.4 Å². The van der Waals surface area contributed by atoms with E-state index in [4.69, 9.17) is 22.4 Å². The Hall–Kier alpha value is -3.50. The molecule has 0 saturated carbocycles. The van der Waals surface area contributed by atoms with E-state index in [-0.39, 0.29) is 0 Å². The van der Waals surface area contributed by atoms with Crippen LogP contribution in [0.2, 0.25) is 0 Å². The number of rotatable bonds is 4. The molecule has 4 aromatic rings. The predicted molar refractivity (Wildman–Crippen MR) is 175 cm³/mol. The van der Waals surface area contributed by atoms with Crippen LogP contribution in [0.25, 0.3) is 0 Å². The minimum absolute atomic E-state index is 0.309. The van der Waals surface area contributed by atoms with Crippen LogP contribution < -0.4 is 18.1 Å². The summed E-state index contributed by atoms with van der Waals surface area (Å²) in [4.78, 5) is 0. The van der Waals surface area contributed by atoms with Crippen LogP contribution >= 0.6 is 15.6 Å². The normalized spacial score (nSPS) is 19.7. The second-order valence-electron chi connectivity index (χ2n) is 12.1. The molecule has 0 radical (unpaired) electrons. The van der Waals surface area contributed by atoms with Gasteiger partial charge in [0.05, 0.1) is 0 Å². The van der Waals surface area contributed by atoms with Gasteiger partial charge in [-0.2, -0.15) is 0 Å². The molecule has 7 nitrogen and oxygen atoms in total. The van der Waals surface area contributed by atoms with Gasteiger partial charge in [-0.05, 0) is 114 Å². The molecule has 1 aliphatic rings. The Kier molecular flexibility index (Phi) is 8.54. The van der Waals surface area contributed by atoms with Crippen molar-refractivity contribution >= 4 is 15.6 Å². The first-order valence-corrected chi connectivity index (χ1v) is 17.5. The number of phosphoric acid groups is 2. The molecule has 44 heavy (non-hydrogen) atoms. The standard InChI is InChI=1S/C35H40O7P2/c1-20-11-24(5)32(25(6)12-20)38-43(36)40-34-28(9)15-22(3)17-30(34)19-31-18-23(4)16-29(10)35(31)41-44(37,42-43)39-33-26(7)13-21(2)14-27(33)8/h11-18H,19H2,1-10H3. The van der Waals surface area contributed by atoms with Crippen molar-refractivity contribution in [1.82, 2.24) is 0 Å². The van der Waals surface area contributed by atoms with Crippen LogP contribution in [0.5, 0.6) is 23.0 Å². The molecule has 0 aromatic heterocycles. The number of fused-ring (bicyclic) bond motifs is 2. The Morgan fingerprint density at radius 3 is 1.11 bits per heavy atom. The van der Waals surface area contributed by atoms with Gasteiger partial charge in [-0.1, -0.05) is 70.8 Å². The van der Waals surface area contributed by atoms with E-state index in [1.165, 1.54) is 0 Å². The lowest BCUT2D eigenvalue weighted by Crippen LogP contribution is -2.15. The van der Waals surface area contributed by atoms with Crippen LogP contribution in [0, 0.1) is 69.2 Å². The van der Waals surface area contributed by atoms with Crippen LogP contribution in [0.3, 0.4) is 0 Å². The van der Waals surface area contributed by atoms with Gasteiger partial charge in [0.25, 0.3) is 0 Å². The Bertz CT molecular complexity index is 1710. The summed E-state index contributed by atoms with van der Waals surface area (Å²) in [6.45, 7) is 19.0. The Morgan fingerprint density at radius 1 is 0.477 bits per heavy atom. The van der Waals surface area contributed by atoms with E-state index in [1.54, 1.807) is 0 Å². The maximum Gasteiger partial charge on any atom is 0.598 e. The molecule has 0 saturated heterocycles. The molecule has 0 aliphatic carbocycles. The molecular weight excluding hydrogens is 594 g/mol. The molecular formula is C35H40O7P2. The first-order valence-electron chi connectivity index (χ1n) is 14.6.